The lowest BCUT2D eigenvalue weighted by Crippen LogP contribution is -2.11. The summed E-state index contributed by atoms with van der Waals surface area (Å²) in [6, 6.07) is 4.73. The molecule has 0 spiro atoms. The predicted octanol–water partition coefficient (Wildman–Crippen LogP) is 1.76. The number of hydrogen-bond acceptors (Lipinski definition) is 4. The maximum Gasteiger partial charge on any atom is 0.435 e. The predicted molar refractivity (Wildman–Crippen MR) is 58.4 cm³/mol. The van der Waals surface area contributed by atoms with Gasteiger partial charge in [0.15, 0.2) is 5.69 Å². The number of aromatic nitrogens is 3. The highest BCUT2D eigenvalue weighted by Gasteiger charge is 2.32. The van der Waals surface area contributed by atoms with Gasteiger partial charge in [0, 0.05) is 12.3 Å². The van der Waals surface area contributed by atoms with Crippen molar-refractivity contribution in [3.8, 4) is 5.75 Å². The average Bonchev–Trinajstić information content (AvgIpc) is 2.36. The third-order valence-corrected chi connectivity index (χ3v) is 2.14. The van der Waals surface area contributed by atoms with E-state index < -0.39 is 11.9 Å². The third-order valence-electron chi connectivity index (χ3n) is 2.14. The van der Waals surface area contributed by atoms with Gasteiger partial charge in [0.1, 0.15) is 18.1 Å². The van der Waals surface area contributed by atoms with Crippen molar-refractivity contribution in [3.63, 3.8) is 0 Å². The highest BCUT2D eigenvalue weighted by atomic mass is 19.4. The van der Waals surface area contributed by atoms with Crippen molar-refractivity contribution in [2.45, 2.75) is 12.8 Å². The number of pyridine rings is 1. The molecular formula is C11H8F3N3O2. The lowest BCUT2D eigenvalue weighted by molar-refractivity contribution is -0.141. The van der Waals surface area contributed by atoms with Crippen molar-refractivity contribution >= 4 is 0 Å². The fourth-order valence-electron chi connectivity index (χ4n) is 1.26. The van der Waals surface area contributed by atoms with Crippen LogP contribution in [0.3, 0.4) is 0 Å². The van der Waals surface area contributed by atoms with Crippen LogP contribution in [-0.4, -0.2) is 15.2 Å². The number of alkyl halides is 3. The second-order valence-electron chi connectivity index (χ2n) is 3.58. The minimum absolute atomic E-state index is 0.0748. The van der Waals surface area contributed by atoms with Gasteiger partial charge < -0.3 is 9.72 Å². The first kappa shape index (κ1) is 13.1. The topological polar surface area (TPSA) is 67.9 Å². The number of ether oxygens (including phenoxy) is 1. The van der Waals surface area contributed by atoms with E-state index in [4.69, 9.17) is 4.74 Å². The van der Waals surface area contributed by atoms with Gasteiger partial charge in [-0.2, -0.15) is 18.3 Å². The van der Waals surface area contributed by atoms with Crippen molar-refractivity contribution < 1.29 is 17.9 Å². The smallest absolute Gasteiger partial charge is 0.435 e. The first-order valence-corrected chi connectivity index (χ1v) is 5.16. The lowest BCUT2D eigenvalue weighted by Gasteiger charge is -2.06. The van der Waals surface area contributed by atoms with Crippen LogP contribution < -0.4 is 10.3 Å². The second-order valence-corrected chi connectivity index (χ2v) is 3.58. The largest absolute Gasteiger partial charge is 0.487 e. The first-order chi connectivity index (χ1) is 8.95. The van der Waals surface area contributed by atoms with E-state index in [1.54, 1.807) is 0 Å². The van der Waals surface area contributed by atoms with Crippen LogP contribution in [0.2, 0.25) is 0 Å². The molecule has 0 fully saturated rings. The number of nitrogens with zero attached hydrogens (tertiary/aromatic N) is 2. The number of rotatable bonds is 3. The molecule has 0 bridgehead atoms. The van der Waals surface area contributed by atoms with E-state index in [9.17, 15) is 18.0 Å². The summed E-state index contributed by atoms with van der Waals surface area (Å²) < 4.78 is 41.9. The molecule has 0 aliphatic heterocycles. The first-order valence-electron chi connectivity index (χ1n) is 5.16. The van der Waals surface area contributed by atoms with E-state index in [0.29, 0.717) is 5.75 Å². The Balaban J connectivity index is 2.03. The summed E-state index contributed by atoms with van der Waals surface area (Å²) in [5.41, 5.74) is -1.17. The third kappa shape index (κ3) is 3.54. The van der Waals surface area contributed by atoms with Gasteiger partial charge in [-0.15, -0.1) is 5.10 Å². The summed E-state index contributed by atoms with van der Waals surface area (Å²) in [4.78, 5) is 13.4. The van der Waals surface area contributed by atoms with Crippen molar-refractivity contribution in [1.29, 1.82) is 0 Å². The molecule has 8 heteroatoms. The Morgan fingerprint density at radius 1 is 1.21 bits per heavy atom. The van der Waals surface area contributed by atoms with Crippen LogP contribution in [0.1, 0.15) is 11.4 Å². The monoisotopic (exact) mass is 271 g/mol. The van der Waals surface area contributed by atoms with Gasteiger partial charge in [-0.25, -0.2) is 0 Å². The molecule has 0 aromatic carbocycles. The van der Waals surface area contributed by atoms with Crippen molar-refractivity contribution in [2.24, 2.45) is 0 Å². The highest BCUT2D eigenvalue weighted by molar-refractivity contribution is 5.17. The molecule has 0 saturated heterocycles. The SMILES string of the molecule is O=c1cc(OCc2ccc(C(F)(F)F)nn2)cc[nH]1. The Hall–Kier alpha value is -2.38. The minimum Gasteiger partial charge on any atom is -0.487 e. The molecule has 5 nitrogen and oxygen atoms in total. The lowest BCUT2D eigenvalue weighted by atomic mass is 10.3. The van der Waals surface area contributed by atoms with Crippen LogP contribution >= 0.6 is 0 Å². The molecule has 2 aromatic heterocycles. The Bertz CT molecular complexity index is 608. The van der Waals surface area contributed by atoms with E-state index in [2.05, 4.69) is 15.2 Å². The molecule has 19 heavy (non-hydrogen) atoms. The van der Waals surface area contributed by atoms with Gasteiger partial charge in [0.25, 0.3) is 5.56 Å². The van der Waals surface area contributed by atoms with Gasteiger partial charge in [0.05, 0.1) is 0 Å². The maximum absolute atomic E-state index is 12.2. The van der Waals surface area contributed by atoms with Crippen LogP contribution in [0.4, 0.5) is 13.2 Å². The summed E-state index contributed by atoms with van der Waals surface area (Å²) in [6.45, 7) is -0.0748. The minimum atomic E-state index is -4.51. The Kier molecular flexibility index (Phi) is 3.50. The fraction of sp³-hybridized carbons (Fsp3) is 0.182. The zero-order valence-corrected chi connectivity index (χ0v) is 9.44. The van der Waals surface area contributed by atoms with E-state index in [-0.39, 0.29) is 17.9 Å². The van der Waals surface area contributed by atoms with Gasteiger partial charge in [-0.05, 0) is 18.2 Å². The van der Waals surface area contributed by atoms with E-state index in [1.165, 1.54) is 24.4 Å². The Morgan fingerprint density at radius 3 is 2.58 bits per heavy atom. The van der Waals surface area contributed by atoms with Crippen molar-refractivity contribution in [2.75, 3.05) is 0 Å². The molecule has 2 rings (SSSR count). The summed E-state index contributed by atoms with van der Waals surface area (Å²) in [5.74, 6) is 0.297. The van der Waals surface area contributed by atoms with Crippen molar-refractivity contribution in [1.82, 2.24) is 15.2 Å². The number of aromatic amines is 1. The molecule has 2 heterocycles. The number of hydrogen-bond donors (Lipinski definition) is 1. The molecule has 2 aromatic rings. The zero-order chi connectivity index (χ0) is 13.9. The molecule has 0 aliphatic rings. The average molecular weight is 271 g/mol. The van der Waals surface area contributed by atoms with Crippen LogP contribution in [0.5, 0.6) is 5.75 Å². The summed E-state index contributed by atoms with van der Waals surface area (Å²) >= 11 is 0. The van der Waals surface area contributed by atoms with Gasteiger partial charge >= 0.3 is 6.18 Å². The normalized spacial score (nSPS) is 11.3. The van der Waals surface area contributed by atoms with Gasteiger partial charge in [-0.3, -0.25) is 4.79 Å². The molecule has 0 amide bonds. The van der Waals surface area contributed by atoms with E-state index in [0.717, 1.165) is 6.07 Å². The number of H-pyrrole nitrogens is 1. The molecule has 0 saturated carbocycles. The van der Waals surface area contributed by atoms with Crippen molar-refractivity contribution in [3.05, 3.63) is 52.2 Å². The Labute approximate surface area is 105 Å². The molecule has 0 aliphatic carbocycles. The fourth-order valence-corrected chi connectivity index (χ4v) is 1.26. The summed E-state index contributed by atoms with van der Waals surface area (Å²) in [6.07, 6.45) is -3.12. The quantitative estimate of drug-likeness (QED) is 0.923. The number of nitrogens with one attached hydrogen (secondary N) is 1. The van der Waals surface area contributed by atoms with Crippen LogP contribution in [0, 0.1) is 0 Å². The van der Waals surface area contributed by atoms with E-state index >= 15 is 0 Å². The van der Waals surface area contributed by atoms with E-state index in [1.807, 2.05) is 0 Å². The second kappa shape index (κ2) is 5.09. The van der Waals surface area contributed by atoms with Gasteiger partial charge in [-0.1, -0.05) is 0 Å². The van der Waals surface area contributed by atoms with Crippen LogP contribution in [-0.2, 0) is 12.8 Å². The molecule has 0 atom stereocenters. The highest BCUT2D eigenvalue weighted by Crippen LogP contribution is 2.26. The summed E-state index contributed by atoms with van der Waals surface area (Å²) in [7, 11) is 0. The molecule has 0 unspecified atom stereocenters. The molecular weight excluding hydrogens is 263 g/mol. The number of halogens is 3. The zero-order valence-electron chi connectivity index (χ0n) is 9.44. The van der Waals surface area contributed by atoms with Gasteiger partial charge in [0.2, 0.25) is 0 Å². The van der Waals surface area contributed by atoms with Crippen LogP contribution in [0.15, 0.2) is 35.3 Å². The molecule has 100 valence electrons. The molecule has 1 N–H and O–H groups in total. The molecule has 0 radical (unpaired) electrons. The summed E-state index contributed by atoms with van der Waals surface area (Å²) in [5, 5.41) is 6.46. The Morgan fingerprint density at radius 2 is 2.00 bits per heavy atom. The maximum atomic E-state index is 12.2. The standard InChI is InChI=1S/C11H8F3N3O2/c12-11(13,14)9-2-1-7(16-17-9)6-19-8-3-4-15-10(18)5-8/h1-5H,6H2,(H,15,18). The van der Waals surface area contributed by atoms with Crippen LogP contribution in [0.25, 0.3) is 0 Å².